The Labute approximate surface area is 134 Å². The fourth-order valence-corrected chi connectivity index (χ4v) is 3.37. The number of anilines is 1. The summed E-state index contributed by atoms with van der Waals surface area (Å²) in [5.74, 6) is 0.781. The Kier molecular flexibility index (Phi) is 4.16. The molecule has 3 heterocycles. The lowest BCUT2D eigenvalue weighted by atomic mass is 10.0. The minimum atomic E-state index is -4.41. The van der Waals surface area contributed by atoms with Gasteiger partial charge in [-0.1, -0.05) is 0 Å². The molecule has 0 aliphatic carbocycles. The molecule has 0 bridgehead atoms. The standard InChI is InChI=1S/C16H22F3N3O/c1-10(2)21-4-5-22-13(9-21)6-11(3)23-14-7-12(16(17,18)19)8-20-15(14)22/h7-8,10-11,13H,4-6,9H2,1-3H3/t11-,13-/m1/s1. The highest BCUT2D eigenvalue weighted by atomic mass is 19.4. The van der Waals surface area contributed by atoms with E-state index < -0.39 is 11.7 Å². The average molecular weight is 329 g/mol. The second-order valence-corrected chi connectivity index (χ2v) is 6.64. The molecule has 2 atom stereocenters. The van der Waals surface area contributed by atoms with Crippen LogP contribution in [-0.2, 0) is 6.18 Å². The Morgan fingerprint density at radius 3 is 2.70 bits per heavy atom. The number of fused-ring (bicyclic) bond motifs is 3. The van der Waals surface area contributed by atoms with Crippen LogP contribution in [0.2, 0.25) is 0 Å². The maximum atomic E-state index is 12.9. The van der Waals surface area contributed by atoms with Crippen molar-refractivity contribution in [2.75, 3.05) is 24.5 Å². The Hall–Kier alpha value is -1.50. The Balaban J connectivity index is 1.94. The van der Waals surface area contributed by atoms with Crippen LogP contribution in [0.15, 0.2) is 12.3 Å². The number of pyridine rings is 1. The van der Waals surface area contributed by atoms with E-state index in [0.29, 0.717) is 11.9 Å². The van der Waals surface area contributed by atoms with Gasteiger partial charge in [-0.3, -0.25) is 4.90 Å². The normalized spacial score (nSPS) is 25.6. The van der Waals surface area contributed by atoms with Gasteiger partial charge in [-0.05, 0) is 26.8 Å². The fourth-order valence-electron chi connectivity index (χ4n) is 3.37. The summed E-state index contributed by atoms with van der Waals surface area (Å²) in [6.07, 6.45) is -2.86. The number of hydrogen-bond donors (Lipinski definition) is 0. The number of rotatable bonds is 1. The van der Waals surface area contributed by atoms with Gasteiger partial charge < -0.3 is 9.64 Å². The van der Waals surface area contributed by atoms with Crippen molar-refractivity contribution in [3.63, 3.8) is 0 Å². The third kappa shape index (κ3) is 3.24. The molecule has 1 fully saturated rings. The molecule has 0 radical (unpaired) electrons. The summed E-state index contributed by atoms with van der Waals surface area (Å²) in [5.41, 5.74) is -0.761. The Bertz CT molecular complexity index is 576. The summed E-state index contributed by atoms with van der Waals surface area (Å²) < 4.78 is 44.5. The lowest BCUT2D eigenvalue weighted by Gasteiger charge is -2.43. The first kappa shape index (κ1) is 16.4. The highest BCUT2D eigenvalue weighted by Crippen LogP contribution is 2.39. The fraction of sp³-hybridized carbons (Fsp3) is 0.688. The number of halogens is 3. The molecule has 0 saturated carbocycles. The summed E-state index contributed by atoms with van der Waals surface area (Å²) in [5, 5.41) is 0. The summed E-state index contributed by atoms with van der Waals surface area (Å²) in [6, 6.07) is 1.75. The molecular weight excluding hydrogens is 307 g/mol. The van der Waals surface area contributed by atoms with Gasteiger partial charge in [-0.2, -0.15) is 13.2 Å². The zero-order valence-corrected chi connectivity index (χ0v) is 13.6. The van der Waals surface area contributed by atoms with Gasteiger partial charge in [0, 0.05) is 44.3 Å². The second kappa shape index (κ2) is 5.85. The molecule has 23 heavy (non-hydrogen) atoms. The van der Waals surface area contributed by atoms with Gasteiger partial charge in [0.15, 0.2) is 11.6 Å². The molecular formula is C16H22F3N3O. The monoisotopic (exact) mass is 329 g/mol. The van der Waals surface area contributed by atoms with E-state index in [0.717, 1.165) is 38.3 Å². The van der Waals surface area contributed by atoms with E-state index in [-0.39, 0.29) is 17.9 Å². The summed E-state index contributed by atoms with van der Waals surface area (Å²) in [6.45, 7) is 8.74. The molecule has 128 valence electrons. The molecule has 7 heteroatoms. The largest absolute Gasteiger partial charge is 0.487 e. The topological polar surface area (TPSA) is 28.6 Å². The number of aromatic nitrogens is 1. The van der Waals surface area contributed by atoms with Crippen molar-refractivity contribution in [3.8, 4) is 5.75 Å². The molecule has 2 aliphatic heterocycles. The van der Waals surface area contributed by atoms with Crippen LogP contribution in [0.1, 0.15) is 32.8 Å². The third-order valence-corrected chi connectivity index (χ3v) is 4.61. The van der Waals surface area contributed by atoms with Crippen LogP contribution >= 0.6 is 0 Å². The Morgan fingerprint density at radius 1 is 1.30 bits per heavy atom. The molecule has 1 aromatic rings. The van der Waals surface area contributed by atoms with Gasteiger partial charge in [0.2, 0.25) is 0 Å². The van der Waals surface area contributed by atoms with Crippen LogP contribution in [-0.4, -0.2) is 47.7 Å². The molecule has 0 aromatic carbocycles. The molecule has 0 amide bonds. The van der Waals surface area contributed by atoms with Gasteiger partial charge in [-0.15, -0.1) is 0 Å². The van der Waals surface area contributed by atoms with Crippen molar-refractivity contribution >= 4 is 5.82 Å². The van der Waals surface area contributed by atoms with Crippen LogP contribution in [0.25, 0.3) is 0 Å². The quantitative estimate of drug-likeness (QED) is 0.791. The molecule has 0 spiro atoms. The second-order valence-electron chi connectivity index (χ2n) is 6.64. The van der Waals surface area contributed by atoms with Crippen molar-refractivity contribution in [2.24, 2.45) is 0 Å². The van der Waals surface area contributed by atoms with E-state index in [9.17, 15) is 13.2 Å². The average Bonchev–Trinajstić information content (AvgIpc) is 2.59. The SMILES string of the molecule is CC(C)N1CCN2c3ncc(C(F)(F)F)cc3O[C@H](C)C[C@@H]2C1. The number of piperazine rings is 1. The zero-order chi connectivity index (χ0) is 16.8. The number of hydrogen-bond acceptors (Lipinski definition) is 4. The van der Waals surface area contributed by atoms with E-state index in [1.54, 1.807) is 0 Å². The number of alkyl halides is 3. The smallest absolute Gasteiger partial charge is 0.418 e. The molecule has 1 saturated heterocycles. The van der Waals surface area contributed by atoms with Crippen molar-refractivity contribution in [1.82, 2.24) is 9.88 Å². The van der Waals surface area contributed by atoms with Crippen molar-refractivity contribution in [2.45, 2.75) is 51.6 Å². The minimum absolute atomic E-state index is 0.138. The van der Waals surface area contributed by atoms with Gasteiger partial charge in [0.25, 0.3) is 0 Å². The zero-order valence-electron chi connectivity index (χ0n) is 13.6. The molecule has 1 aromatic heterocycles. The predicted octanol–water partition coefficient (Wildman–Crippen LogP) is 3.17. The third-order valence-electron chi connectivity index (χ3n) is 4.61. The molecule has 0 N–H and O–H groups in total. The van der Waals surface area contributed by atoms with Crippen LogP contribution in [0.5, 0.6) is 5.75 Å². The first-order valence-electron chi connectivity index (χ1n) is 8.00. The predicted molar refractivity (Wildman–Crippen MR) is 81.8 cm³/mol. The van der Waals surface area contributed by atoms with Crippen LogP contribution in [0.3, 0.4) is 0 Å². The molecule has 4 nitrogen and oxygen atoms in total. The minimum Gasteiger partial charge on any atom is -0.487 e. The molecule has 3 rings (SSSR count). The highest BCUT2D eigenvalue weighted by Gasteiger charge is 2.37. The van der Waals surface area contributed by atoms with E-state index >= 15 is 0 Å². The summed E-state index contributed by atoms with van der Waals surface area (Å²) in [7, 11) is 0. The Morgan fingerprint density at radius 2 is 2.04 bits per heavy atom. The van der Waals surface area contributed by atoms with Crippen molar-refractivity contribution < 1.29 is 17.9 Å². The van der Waals surface area contributed by atoms with Gasteiger partial charge >= 0.3 is 6.18 Å². The van der Waals surface area contributed by atoms with Crippen LogP contribution in [0.4, 0.5) is 19.0 Å². The number of ether oxygens (including phenoxy) is 1. The van der Waals surface area contributed by atoms with Gasteiger partial charge in [0.05, 0.1) is 11.7 Å². The first-order valence-corrected chi connectivity index (χ1v) is 8.00. The highest BCUT2D eigenvalue weighted by molar-refractivity contribution is 5.56. The van der Waals surface area contributed by atoms with Gasteiger partial charge in [-0.25, -0.2) is 4.98 Å². The van der Waals surface area contributed by atoms with Crippen molar-refractivity contribution in [1.29, 1.82) is 0 Å². The van der Waals surface area contributed by atoms with E-state index in [4.69, 9.17) is 4.74 Å². The van der Waals surface area contributed by atoms with Crippen LogP contribution in [0, 0.1) is 0 Å². The van der Waals surface area contributed by atoms with E-state index in [1.165, 1.54) is 0 Å². The lowest BCUT2D eigenvalue weighted by molar-refractivity contribution is -0.137. The van der Waals surface area contributed by atoms with Crippen molar-refractivity contribution in [3.05, 3.63) is 17.8 Å². The maximum Gasteiger partial charge on any atom is 0.418 e. The first-order chi connectivity index (χ1) is 10.8. The number of nitrogens with zero attached hydrogens (tertiary/aromatic N) is 3. The molecule has 0 unspecified atom stereocenters. The van der Waals surface area contributed by atoms with Crippen LogP contribution < -0.4 is 9.64 Å². The van der Waals surface area contributed by atoms with Gasteiger partial charge in [0.1, 0.15) is 0 Å². The van der Waals surface area contributed by atoms with E-state index in [2.05, 4.69) is 28.6 Å². The lowest BCUT2D eigenvalue weighted by Crippen LogP contribution is -2.55. The summed E-state index contributed by atoms with van der Waals surface area (Å²) in [4.78, 5) is 8.60. The maximum absolute atomic E-state index is 12.9. The molecule has 2 aliphatic rings. The summed E-state index contributed by atoms with van der Waals surface area (Å²) >= 11 is 0. The van der Waals surface area contributed by atoms with E-state index in [1.807, 2.05) is 6.92 Å².